The van der Waals surface area contributed by atoms with Crippen LogP contribution < -0.4 is 4.74 Å². The monoisotopic (exact) mass is 320 g/mol. The number of aliphatic hydroxyl groups excluding tert-OH is 1. The van der Waals surface area contributed by atoms with E-state index in [1.165, 1.54) is 16.2 Å². The van der Waals surface area contributed by atoms with Crippen LogP contribution in [0.4, 0.5) is 0 Å². The summed E-state index contributed by atoms with van der Waals surface area (Å²) in [6.45, 7) is 4.67. The number of rotatable bonds is 6. The third-order valence-electron chi connectivity index (χ3n) is 3.19. The van der Waals surface area contributed by atoms with Gasteiger partial charge in [0, 0.05) is 19.2 Å². The molecule has 2 rings (SSSR count). The quantitative estimate of drug-likeness (QED) is 0.888. The van der Waals surface area contributed by atoms with Crippen molar-refractivity contribution in [3.05, 3.63) is 34.8 Å². The van der Waals surface area contributed by atoms with Crippen molar-refractivity contribution in [2.24, 2.45) is 0 Å². The van der Waals surface area contributed by atoms with E-state index in [0.29, 0.717) is 23.7 Å². The Morgan fingerprint density at radius 2 is 2.05 bits per heavy atom. The molecule has 1 N–H and O–H groups in total. The smallest absolute Gasteiger partial charge is 0.265 e. The lowest BCUT2D eigenvalue weighted by atomic mass is 10.2. The first kappa shape index (κ1) is 16.5. The van der Waals surface area contributed by atoms with Crippen molar-refractivity contribution in [1.82, 2.24) is 9.88 Å². The molecule has 6 heteroatoms. The second kappa shape index (κ2) is 7.38. The highest BCUT2D eigenvalue weighted by Gasteiger charge is 2.19. The van der Waals surface area contributed by atoms with Crippen LogP contribution in [0.15, 0.2) is 24.3 Å². The van der Waals surface area contributed by atoms with Gasteiger partial charge in [0.05, 0.1) is 18.9 Å². The number of likely N-dealkylation sites (N-methyl/N-ethyl adjacent to an activating group) is 1. The van der Waals surface area contributed by atoms with Gasteiger partial charge in [-0.1, -0.05) is 0 Å². The molecule has 0 fully saturated rings. The summed E-state index contributed by atoms with van der Waals surface area (Å²) in [5.41, 5.74) is 1.67. The number of carbonyl (C=O) groups excluding carboxylic acids is 1. The molecule has 0 spiro atoms. The Hall–Kier alpha value is -1.92. The fourth-order valence-corrected chi connectivity index (χ4v) is 3.07. The van der Waals surface area contributed by atoms with Crippen LogP contribution in [0.2, 0.25) is 0 Å². The zero-order valence-corrected chi connectivity index (χ0v) is 13.8. The van der Waals surface area contributed by atoms with E-state index in [2.05, 4.69) is 4.98 Å². The standard InChI is InChI=1S/C16H20N2O3S/c1-4-21-13-7-5-12(6-8-13)15-17-11(2)14(22-15)16(20)18(3)9-10-19/h5-8,19H,4,9-10H2,1-3H3. The molecule has 0 unspecified atom stereocenters. The summed E-state index contributed by atoms with van der Waals surface area (Å²) in [6.07, 6.45) is 0. The summed E-state index contributed by atoms with van der Waals surface area (Å²) < 4.78 is 5.42. The molecule has 0 saturated carbocycles. The molecular weight excluding hydrogens is 300 g/mol. The van der Waals surface area contributed by atoms with E-state index in [9.17, 15) is 4.79 Å². The normalized spacial score (nSPS) is 10.5. The summed E-state index contributed by atoms with van der Waals surface area (Å²) in [5, 5.41) is 9.74. The minimum atomic E-state index is -0.110. The largest absolute Gasteiger partial charge is 0.494 e. The van der Waals surface area contributed by atoms with Crippen LogP contribution in [0.1, 0.15) is 22.3 Å². The first-order valence-electron chi connectivity index (χ1n) is 7.13. The predicted octanol–water partition coefficient (Wildman–Crippen LogP) is 2.58. The van der Waals surface area contributed by atoms with Gasteiger partial charge in [0.25, 0.3) is 5.91 Å². The summed E-state index contributed by atoms with van der Waals surface area (Å²) in [4.78, 5) is 18.9. The molecule has 2 aromatic rings. The third-order valence-corrected chi connectivity index (χ3v) is 4.38. The van der Waals surface area contributed by atoms with Crippen LogP contribution >= 0.6 is 11.3 Å². The first-order valence-corrected chi connectivity index (χ1v) is 7.95. The Balaban J connectivity index is 2.23. The molecule has 0 aliphatic carbocycles. The Bertz CT molecular complexity index is 637. The maximum Gasteiger partial charge on any atom is 0.265 e. The minimum absolute atomic E-state index is 0.0498. The Kier molecular flexibility index (Phi) is 5.51. The molecule has 22 heavy (non-hydrogen) atoms. The molecule has 1 heterocycles. The summed E-state index contributed by atoms with van der Waals surface area (Å²) in [7, 11) is 1.67. The van der Waals surface area contributed by atoms with E-state index in [0.717, 1.165) is 16.3 Å². The van der Waals surface area contributed by atoms with E-state index in [1.807, 2.05) is 38.1 Å². The Labute approximate surface area is 134 Å². The van der Waals surface area contributed by atoms with E-state index in [-0.39, 0.29) is 12.5 Å². The van der Waals surface area contributed by atoms with Crippen LogP contribution in [-0.2, 0) is 0 Å². The molecular formula is C16H20N2O3S. The molecule has 5 nitrogen and oxygen atoms in total. The predicted molar refractivity (Wildman–Crippen MR) is 87.5 cm³/mol. The first-order chi connectivity index (χ1) is 10.6. The highest BCUT2D eigenvalue weighted by atomic mass is 32.1. The average Bonchev–Trinajstić information content (AvgIpc) is 2.90. The summed E-state index contributed by atoms with van der Waals surface area (Å²) in [5.74, 6) is 0.708. The molecule has 1 amide bonds. The highest BCUT2D eigenvalue weighted by molar-refractivity contribution is 7.17. The van der Waals surface area contributed by atoms with Crippen molar-refractivity contribution in [2.45, 2.75) is 13.8 Å². The molecule has 1 aromatic carbocycles. The van der Waals surface area contributed by atoms with Crippen molar-refractivity contribution in [3.8, 4) is 16.3 Å². The van der Waals surface area contributed by atoms with E-state index >= 15 is 0 Å². The molecule has 0 bridgehead atoms. The number of thiazole rings is 1. The zero-order valence-electron chi connectivity index (χ0n) is 13.0. The van der Waals surface area contributed by atoms with Gasteiger partial charge in [0.1, 0.15) is 15.6 Å². The number of ether oxygens (including phenoxy) is 1. The second-order valence-electron chi connectivity index (χ2n) is 4.84. The maximum atomic E-state index is 12.3. The van der Waals surface area contributed by atoms with Crippen molar-refractivity contribution in [2.75, 3.05) is 26.8 Å². The number of amides is 1. The lowest BCUT2D eigenvalue weighted by molar-refractivity contribution is 0.0771. The number of hydrogen-bond donors (Lipinski definition) is 1. The van der Waals surface area contributed by atoms with Gasteiger partial charge in [-0.05, 0) is 38.1 Å². The molecule has 0 atom stereocenters. The van der Waals surface area contributed by atoms with Gasteiger partial charge in [0.2, 0.25) is 0 Å². The number of aromatic nitrogens is 1. The van der Waals surface area contributed by atoms with Gasteiger partial charge in [-0.25, -0.2) is 4.98 Å². The SMILES string of the molecule is CCOc1ccc(-c2nc(C)c(C(=O)N(C)CCO)s2)cc1. The zero-order chi connectivity index (χ0) is 16.1. The van der Waals surface area contributed by atoms with Gasteiger partial charge in [-0.2, -0.15) is 0 Å². The highest BCUT2D eigenvalue weighted by Crippen LogP contribution is 2.29. The second-order valence-corrected chi connectivity index (χ2v) is 5.84. The fraction of sp³-hybridized carbons (Fsp3) is 0.375. The van der Waals surface area contributed by atoms with Gasteiger partial charge in [-0.15, -0.1) is 11.3 Å². The summed E-state index contributed by atoms with van der Waals surface area (Å²) in [6, 6.07) is 7.67. The van der Waals surface area contributed by atoms with Crippen molar-refractivity contribution in [1.29, 1.82) is 0 Å². The lowest BCUT2D eigenvalue weighted by Gasteiger charge is -2.14. The van der Waals surface area contributed by atoms with Crippen LogP contribution in [0, 0.1) is 6.92 Å². The van der Waals surface area contributed by atoms with Crippen molar-refractivity contribution < 1.29 is 14.6 Å². The Morgan fingerprint density at radius 1 is 1.36 bits per heavy atom. The molecule has 0 aliphatic heterocycles. The van der Waals surface area contributed by atoms with E-state index in [1.54, 1.807) is 7.05 Å². The van der Waals surface area contributed by atoms with E-state index in [4.69, 9.17) is 9.84 Å². The van der Waals surface area contributed by atoms with E-state index < -0.39 is 0 Å². The fourth-order valence-electron chi connectivity index (χ4n) is 2.00. The van der Waals surface area contributed by atoms with Gasteiger partial charge >= 0.3 is 0 Å². The van der Waals surface area contributed by atoms with Crippen LogP contribution in [0.25, 0.3) is 10.6 Å². The number of aryl methyl sites for hydroxylation is 1. The number of carbonyl (C=O) groups is 1. The molecule has 0 saturated heterocycles. The average molecular weight is 320 g/mol. The number of nitrogens with zero attached hydrogens (tertiary/aromatic N) is 2. The molecule has 1 aromatic heterocycles. The topological polar surface area (TPSA) is 62.7 Å². The molecule has 0 aliphatic rings. The van der Waals surface area contributed by atoms with Gasteiger partial charge in [0.15, 0.2) is 0 Å². The summed E-state index contributed by atoms with van der Waals surface area (Å²) >= 11 is 1.37. The van der Waals surface area contributed by atoms with Crippen LogP contribution in [-0.4, -0.2) is 47.7 Å². The van der Waals surface area contributed by atoms with Gasteiger partial charge < -0.3 is 14.7 Å². The number of aliphatic hydroxyl groups is 1. The van der Waals surface area contributed by atoms with Crippen LogP contribution in [0.5, 0.6) is 5.75 Å². The lowest BCUT2D eigenvalue weighted by Crippen LogP contribution is -2.29. The minimum Gasteiger partial charge on any atom is -0.494 e. The molecule has 0 radical (unpaired) electrons. The third kappa shape index (κ3) is 3.64. The molecule has 118 valence electrons. The van der Waals surface area contributed by atoms with Crippen LogP contribution in [0.3, 0.4) is 0 Å². The Morgan fingerprint density at radius 3 is 2.64 bits per heavy atom. The van der Waals surface area contributed by atoms with Gasteiger partial charge in [-0.3, -0.25) is 4.79 Å². The van der Waals surface area contributed by atoms with Crippen molar-refractivity contribution in [3.63, 3.8) is 0 Å². The number of benzene rings is 1. The maximum absolute atomic E-state index is 12.3. The van der Waals surface area contributed by atoms with Crippen molar-refractivity contribution >= 4 is 17.2 Å². The number of hydrogen-bond acceptors (Lipinski definition) is 5.